The van der Waals surface area contributed by atoms with Gasteiger partial charge in [-0.05, 0) is 43.3 Å². The SMILES string of the molecule is COCc1ccc(C(=O)Nc2ccc(-c3nc(CNC(=O)CCn4cncn4)c(C)o3)cc2)s1. The Balaban J connectivity index is 1.32. The zero-order valence-corrected chi connectivity index (χ0v) is 19.6. The highest BCUT2D eigenvalue weighted by atomic mass is 32.1. The lowest BCUT2D eigenvalue weighted by Crippen LogP contribution is -2.24. The molecule has 0 saturated carbocycles. The molecule has 0 spiro atoms. The minimum absolute atomic E-state index is 0.111. The van der Waals surface area contributed by atoms with Gasteiger partial charge in [-0.2, -0.15) is 5.10 Å². The summed E-state index contributed by atoms with van der Waals surface area (Å²) in [4.78, 5) is 34.5. The number of oxazole rings is 1. The fraction of sp³-hybridized carbons (Fsp3) is 0.261. The second-order valence-electron chi connectivity index (χ2n) is 7.44. The number of ether oxygens (including phenoxy) is 1. The molecular formula is C23H24N6O4S. The van der Waals surface area contributed by atoms with Crippen LogP contribution in [0.25, 0.3) is 11.5 Å². The third-order valence-electron chi connectivity index (χ3n) is 4.94. The highest BCUT2D eigenvalue weighted by Gasteiger charge is 2.14. The number of carbonyl (C=O) groups is 2. The van der Waals surface area contributed by atoms with E-state index in [1.54, 1.807) is 43.2 Å². The largest absolute Gasteiger partial charge is 0.441 e. The molecular weight excluding hydrogens is 456 g/mol. The molecule has 0 aliphatic heterocycles. The number of hydrogen-bond acceptors (Lipinski definition) is 8. The van der Waals surface area contributed by atoms with E-state index in [1.165, 1.54) is 17.7 Å². The molecule has 0 radical (unpaired) electrons. The average Bonchev–Trinajstić information content (AvgIpc) is 3.59. The maximum atomic E-state index is 12.5. The van der Waals surface area contributed by atoms with E-state index < -0.39 is 0 Å². The number of hydrogen-bond donors (Lipinski definition) is 2. The summed E-state index contributed by atoms with van der Waals surface area (Å²) in [5.41, 5.74) is 2.09. The molecule has 1 aromatic carbocycles. The maximum Gasteiger partial charge on any atom is 0.265 e. The van der Waals surface area contributed by atoms with Crippen molar-refractivity contribution in [1.29, 1.82) is 0 Å². The monoisotopic (exact) mass is 480 g/mol. The Labute approximate surface area is 200 Å². The molecule has 34 heavy (non-hydrogen) atoms. The van der Waals surface area contributed by atoms with Gasteiger partial charge in [-0.15, -0.1) is 11.3 Å². The van der Waals surface area contributed by atoms with Crippen molar-refractivity contribution in [1.82, 2.24) is 25.1 Å². The fourth-order valence-corrected chi connectivity index (χ4v) is 4.03. The maximum absolute atomic E-state index is 12.5. The Morgan fingerprint density at radius 3 is 2.74 bits per heavy atom. The smallest absolute Gasteiger partial charge is 0.265 e. The van der Waals surface area contributed by atoms with Crippen molar-refractivity contribution in [3.8, 4) is 11.5 Å². The molecule has 0 aliphatic carbocycles. The molecule has 10 nitrogen and oxygen atoms in total. The first-order chi connectivity index (χ1) is 16.5. The summed E-state index contributed by atoms with van der Waals surface area (Å²) >= 11 is 1.40. The van der Waals surface area contributed by atoms with Crippen molar-refractivity contribution in [2.75, 3.05) is 12.4 Å². The van der Waals surface area contributed by atoms with E-state index in [4.69, 9.17) is 9.15 Å². The first kappa shape index (κ1) is 23.3. The van der Waals surface area contributed by atoms with E-state index in [2.05, 4.69) is 25.7 Å². The van der Waals surface area contributed by atoms with Gasteiger partial charge in [-0.1, -0.05) is 0 Å². The van der Waals surface area contributed by atoms with E-state index >= 15 is 0 Å². The van der Waals surface area contributed by atoms with Gasteiger partial charge in [-0.25, -0.2) is 9.97 Å². The number of thiophene rings is 1. The molecule has 4 aromatic rings. The Morgan fingerprint density at radius 2 is 2.00 bits per heavy atom. The van der Waals surface area contributed by atoms with E-state index in [-0.39, 0.29) is 18.4 Å². The van der Waals surface area contributed by atoms with Gasteiger partial charge in [-0.3, -0.25) is 14.3 Å². The van der Waals surface area contributed by atoms with Crippen molar-refractivity contribution in [2.24, 2.45) is 0 Å². The minimum atomic E-state index is -0.172. The number of methoxy groups -OCH3 is 1. The van der Waals surface area contributed by atoms with Crippen LogP contribution in [0.1, 0.15) is 32.4 Å². The van der Waals surface area contributed by atoms with Gasteiger partial charge in [0.2, 0.25) is 11.8 Å². The Morgan fingerprint density at radius 1 is 1.18 bits per heavy atom. The number of nitrogens with zero attached hydrogens (tertiary/aromatic N) is 4. The van der Waals surface area contributed by atoms with Crippen molar-refractivity contribution in [2.45, 2.75) is 33.0 Å². The molecule has 0 aliphatic rings. The second kappa shape index (κ2) is 10.9. The van der Waals surface area contributed by atoms with Gasteiger partial charge in [0.1, 0.15) is 24.1 Å². The fourth-order valence-electron chi connectivity index (χ4n) is 3.16. The van der Waals surface area contributed by atoms with Crippen LogP contribution in [-0.2, 0) is 29.2 Å². The number of nitrogens with one attached hydrogen (secondary N) is 2. The number of aryl methyl sites for hydroxylation is 2. The summed E-state index contributed by atoms with van der Waals surface area (Å²) in [6, 6.07) is 10.9. The Hall–Kier alpha value is -3.83. The summed E-state index contributed by atoms with van der Waals surface area (Å²) in [7, 11) is 1.62. The molecule has 176 valence electrons. The summed E-state index contributed by atoms with van der Waals surface area (Å²) in [5.74, 6) is 0.798. The normalized spacial score (nSPS) is 10.9. The van der Waals surface area contributed by atoms with Crippen LogP contribution in [0, 0.1) is 6.92 Å². The third kappa shape index (κ3) is 5.94. The number of carbonyl (C=O) groups excluding carboxylic acids is 2. The van der Waals surface area contributed by atoms with Crippen molar-refractivity contribution >= 4 is 28.8 Å². The van der Waals surface area contributed by atoms with Crippen molar-refractivity contribution < 1.29 is 18.7 Å². The van der Waals surface area contributed by atoms with Gasteiger partial charge in [0, 0.05) is 29.7 Å². The second-order valence-corrected chi connectivity index (χ2v) is 8.61. The summed E-state index contributed by atoms with van der Waals surface area (Å²) in [5, 5.41) is 9.70. The average molecular weight is 481 g/mol. The summed E-state index contributed by atoms with van der Waals surface area (Å²) in [6.45, 7) is 3.02. The predicted octanol–water partition coefficient (Wildman–Crippen LogP) is 3.41. The molecule has 2 amide bonds. The van der Waals surface area contributed by atoms with E-state index in [0.29, 0.717) is 47.5 Å². The molecule has 0 saturated heterocycles. The van der Waals surface area contributed by atoms with Crippen molar-refractivity contribution in [3.63, 3.8) is 0 Å². The number of anilines is 1. The van der Waals surface area contributed by atoms with E-state index in [9.17, 15) is 9.59 Å². The number of benzene rings is 1. The predicted molar refractivity (Wildman–Crippen MR) is 126 cm³/mol. The number of rotatable bonds is 10. The lowest BCUT2D eigenvalue weighted by Gasteiger charge is -2.04. The highest BCUT2D eigenvalue weighted by molar-refractivity contribution is 7.14. The molecule has 0 fully saturated rings. The Kier molecular flexibility index (Phi) is 7.45. The third-order valence-corrected chi connectivity index (χ3v) is 6.00. The van der Waals surface area contributed by atoms with Crippen LogP contribution >= 0.6 is 11.3 Å². The standard InChI is InChI=1S/C23H24N6O4S/c1-15-19(11-25-21(30)9-10-29-14-24-13-26-29)28-23(33-15)16-3-5-17(6-4-16)27-22(31)20-8-7-18(34-20)12-32-2/h3-8,13-14H,9-12H2,1-2H3,(H,25,30)(H,27,31). The first-order valence-corrected chi connectivity index (χ1v) is 11.4. The zero-order valence-electron chi connectivity index (χ0n) is 18.8. The van der Waals surface area contributed by atoms with E-state index in [0.717, 1.165) is 10.4 Å². The lowest BCUT2D eigenvalue weighted by atomic mass is 10.2. The minimum Gasteiger partial charge on any atom is -0.441 e. The Bertz CT molecular complexity index is 1250. The molecule has 0 atom stereocenters. The van der Waals surface area contributed by atoms with E-state index in [1.807, 2.05) is 18.2 Å². The molecule has 11 heteroatoms. The van der Waals surface area contributed by atoms with Crippen LogP contribution in [-0.4, -0.2) is 38.7 Å². The molecule has 0 unspecified atom stereocenters. The van der Waals surface area contributed by atoms with Crippen LogP contribution in [0.15, 0.2) is 53.5 Å². The topological polar surface area (TPSA) is 124 Å². The summed E-state index contributed by atoms with van der Waals surface area (Å²) < 4.78 is 12.5. The molecule has 2 N–H and O–H groups in total. The van der Waals surface area contributed by atoms with Crippen LogP contribution in [0.5, 0.6) is 0 Å². The number of amides is 2. The van der Waals surface area contributed by atoms with Gasteiger partial charge in [0.05, 0.1) is 24.6 Å². The molecule has 4 rings (SSSR count). The molecule has 3 heterocycles. The van der Waals surface area contributed by atoms with Crippen LogP contribution in [0.3, 0.4) is 0 Å². The van der Waals surface area contributed by atoms with Gasteiger partial charge in [0.25, 0.3) is 5.91 Å². The van der Waals surface area contributed by atoms with Gasteiger partial charge in [0.15, 0.2) is 0 Å². The quantitative estimate of drug-likeness (QED) is 0.356. The highest BCUT2D eigenvalue weighted by Crippen LogP contribution is 2.24. The lowest BCUT2D eigenvalue weighted by molar-refractivity contribution is -0.121. The van der Waals surface area contributed by atoms with Gasteiger partial charge >= 0.3 is 0 Å². The first-order valence-electron chi connectivity index (χ1n) is 10.6. The molecule has 0 bridgehead atoms. The van der Waals surface area contributed by atoms with Gasteiger partial charge < -0.3 is 19.8 Å². The molecule has 3 aromatic heterocycles. The zero-order chi connectivity index (χ0) is 23.9. The van der Waals surface area contributed by atoms with Crippen LogP contribution < -0.4 is 10.6 Å². The summed E-state index contributed by atoms with van der Waals surface area (Å²) in [6.07, 6.45) is 3.29. The van der Waals surface area contributed by atoms with Crippen molar-refractivity contribution in [3.05, 3.63) is 70.3 Å². The van der Waals surface area contributed by atoms with Crippen LogP contribution in [0.2, 0.25) is 0 Å². The number of aromatic nitrogens is 4. The van der Waals surface area contributed by atoms with Crippen LogP contribution in [0.4, 0.5) is 5.69 Å².